The van der Waals surface area contributed by atoms with Gasteiger partial charge in [0.2, 0.25) is 0 Å². The number of amides is 1. The van der Waals surface area contributed by atoms with E-state index in [1.807, 2.05) is 0 Å². The van der Waals surface area contributed by atoms with Gasteiger partial charge in [-0.05, 0) is 18.6 Å². The second-order valence-electron chi connectivity index (χ2n) is 5.02. The first-order chi connectivity index (χ1) is 11.9. The lowest BCUT2D eigenvalue weighted by Gasteiger charge is -2.20. The molecular weight excluding hydrogens is 372 g/mol. The Labute approximate surface area is 143 Å². The average Bonchev–Trinajstić information content (AvgIpc) is 2.54. The van der Waals surface area contributed by atoms with Gasteiger partial charge in [0.05, 0.1) is 0 Å². The van der Waals surface area contributed by atoms with E-state index >= 15 is 0 Å². The van der Waals surface area contributed by atoms with Gasteiger partial charge in [-0.2, -0.15) is 26.3 Å². The minimum absolute atomic E-state index is 0.197. The van der Waals surface area contributed by atoms with E-state index in [1.54, 1.807) is 18.2 Å². The molecule has 0 fully saturated rings. The summed E-state index contributed by atoms with van der Waals surface area (Å²) in [6.07, 6.45) is -15.8. The number of hydrogen-bond donors (Lipinski definition) is 1. The molecule has 144 valence electrons. The molecule has 0 aliphatic rings. The van der Waals surface area contributed by atoms with Gasteiger partial charge in [-0.25, -0.2) is 4.79 Å². The smallest absolute Gasteiger partial charge is 0.438 e. The van der Waals surface area contributed by atoms with Crippen LogP contribution in [0, 0.1) is 0 Å². The predicted molar refractivity (Wildman–Crippen MR) is 75.0 cm³/mol. The SMILES string of the molecule is O=C(NCCCC(=O)C(OC(=O)C(F)(F)F)C(F)(F)F)c1ccccc1. The van der Waals surface area contributed by atoms with Gasteiger partial charge in [0, 0.05) is 18.5 Å². The van der Waals surface area contributed by atoms with Gasteiger partial charge in [-0.1, -0.05) is 18.2 Å². The molecule has 0 heterocycles. The summed E-state index contributed by atoms with van der Waals surface area (Å²) in [6.45, 7) is -0.197. The van der Waals surface area contributed by atoms with Crippen molar-refractivity contribution in [1.82, 2.24) is 5.32 Å². The molecule has 11 heteroatoms. The van der Waals surface area contributed by atoms with Crippen molar-refractivity contribution in [3.63, 3.8) is 0 Å². The molecule has 1 N–H and O–H groups in total. The third kappa shape index (κ3) is 6.73. The van der Waals surface area contributed by atoms with E-state index in [1.165, 1.54) is 12.1 Å². The van der Waals surface area contributed by atoms with Gasteiger partial charge >= 0.3 is 18.3 Å². The van der Waals surface area contributed by atoms with Gasteiger partial charge in [0.25, 0.3) is 12.0 Å². The zero-order valence-electron chi connectivity index (χ0n) is 13.0. The number of ketones is 1. The molecular formula is C15H13F6NO4. The number of nitrogens with one attached hydrogen (secondary N) is 1. The Morgan fingerprint density at radius 1 is 1.00 bits per heavy atom. The third-order valence-corrected chi connectivity index (χ3v) is 2.97. The molecule has 0 radical (unpaired) electrons. The molecule has 0 aromatic heterocycles. The summed E-state index contributed by atoms with van der Waals surface area (Å²) >= 11 is 0. The molecule has 26 heavy (non-hydrogen) atoms. The van der Waals surface area contributed by atoms with Crippen molar-refractivity contribution in [2.24, 2.45) is 0 Å². The Kier molecular flexibility index (Phi) is 7.16. The first kappa shape index (κ1) is 21.5. The highest BCUT2D eigenvalue weighted by Gasteiger charge is 2.52. The fourth-order valence-electron chi connectivity index (χ4n) is 1.78. The maximum atomic E-state index is 12.6. The van der Waals surface area contributed by atoms with Crippen LogP contribution in [0.3, 0.4) is 0 Å². The number of rotatable bonds is 7. The highest BCUT2D eigenvalue weighted by Crippen LogP contribution is 2.28. The zero-order valence-corrected chi connectivity index (χ0v) is 13.0. The number of alkyl halides is 6. The first-order valence-corrected chi connectivity index (χ1v) is 7.13. The Morgan fingerprint density at radius 2 is 1.58 bits per heavy atom. The summed E-state index contributed by atoms with van der Waals surface area (Å²) in [5, 5.41) is 2.34. The fourth-order valence-corrected chi connectivity index (χ4v) is 1.78. The molecule has 0 bridgehead atoms. The largest absolute Gasteiger partial charge is 0.490 e. The fraction of sp³-hybridized carbons (Fsp3) is 0.400. The van der Waals surface area contributed by atoms with Crippen LogP contribution >= 0.6 is 0 Å². The van der Waals surface area contributed by atoms with Crippen molar-refractivity contribution in [2.45, 2.75) is 31.3 Å². The van der Waals surface area contributed by atoms with Crippen LogP contribution < -0.4 is 5.32 Å². The van der Waals surface area contributed by atoms with Crippen LogP contribution in [-0.2, 0) is 14.3 Å². The van der Waals surface area contributed by atoms with Gasteiger partial charge in [0.15, 0.2) is 5.78 Å². The molecule has 0 aliphatic heterocycles. The van der Waals surface area contributed by atoms with E-state index in [-0.39, 0.29) is 18.5 Å². The van der Waals surface area contributed by atoms with Crippen LogP contribution in [-0.4, -0.2) is 42.7 Å². The second-order valence-corrected chi connectivity index (χ2v) is 5.02. The summed E-state index contributed by atoms with van der Waals surface area (Å²) in [5.41, 5.74) is 0.283. The van der Waals surface area contributed by atoms with Gasteiger partial charge in [-0.3, -0.25) is 9.59 Å². The summed E-state index contributed by atoms with van der Waals surface area (Å²) in [4.78, 5) is 33.7. The number of benzene rings is 1. The van der Waals surface area contributed by atoms with E-state index in [0.717, 1.165) is 0 Å². The van der Waals surface area contributed by atoms with Crippen molar-refractivity contribution >= 4 is 17.7 Å². The van der Waals surface area contributed by atoms with E-state index in [4.69, 9.17) is 0 Å². The van der Waals surface area contributed by atoms with E-state index < -0.39 is 42.5 Å². The summed E-state index contributed by atoms with van der Waals surface area (Å²) in [7, 11) is 0. The van der Waals surface area contributed by atoms with Crippen molar-refractivity contribution in [2.75, 3.05) is 6.54 Å². The normalized spacial score (nSPS) is 13.0. The second kappa shape index (κ2) is 8.68. The number of esters is 1. The highest BCUT2D eigenvalue weighted by atomic mass is 19.4. The first-order valence-electron chi connectivity index (χ1n) is 7.13. The van der Waals surface area contributed by atoms with Gasteiger partial charge in [0.1, 0.15) is 0 Å². The maximum Gasteiger partial charge on any atom is 0.490 e. The molecule has 1 rings (SSSR count). The number of Topliss-reactive ketones (excluding diaryl/α,β-unsaturated/α-hetero) is 1. The number of hydrogen-bond acceptors (Lipinski definition) is 4. The molecule has 0 spiro atoms. The summed E-state index contributed by atoms with van der Waals surface area (Å²) in [5.74, 6) is -5.39. The summed E-state index contributed by atoms with van der Waals surface area (Å²) in [6, 6.07) is 7.80. The molecule has 5 nitrogen and oxygen atoms in total. The Balaban J connectivity index is 2.54. The van der Waals surface area contributed by atoms with Crippen LogP contribution in [0.25, 0.3) is 0 Å². The number of carbonyl (C=O) groups excluding carboxylic acids is 3. The minimum Gasteiger partial charge on any atom is -0.438 e. The Morgan fingerprint density at radius 3 is 2.08 bits per heavy atom. The van der Waals surface area contributed by atoms with Crippen molar-refractivity contribution in [3.05, 3.63) is 35.9 Å². The summed E-state index contributed by atoms with van der Waals surface area (Å²) < 4.78 is 77.2. The van der Waals surface area contributed by atoms with E-state index in [2.05, 4.69) is 10.1 Å². The number of carbonyl (C=O) groups is 3. The zero-order chi connectivity index (χ0) is 20.0. The number of ether oxygens (including phenoxy) is 1. The lowest BCUT2D eigenvalue weighted by molar-refractivity contribution is -0.241. The minimum atomic E-state index is -5.66. The molecule has 1 atom stereocenters. The van der Waals surface area contributed by atoms with Crippen molar-refractivity contribution in [3.8, 4) is 0 Å². The van der Waals surface area contributed by atoms with Crippen LogP contribution in [0.5, 0.6) is 0 Å². The Bertz CT molecular complexity index is 642. The predicted octanol–water partition coefficient (Wildman–Crippen LogP) is 2.80. The average molecular weight is 385 g/mol. The topological polar surface area (TPSA) is 72.5 Å². The van der Waals surface area contributed by atoms with Crippen LogP contribution in [0.1, 0.15) is 23.2 Å². The molecule has 1 aromatic carbocycles. The maximum absolute atomic E-state index is 12.6. The lowest BCUT2D eigenvalue weighted by Crippen LogP contribution is -2.43. The van der Waals surface area contributed by atoms with Crippen LogP contribution in [0.15, 0.2) is 30.3 Å². The van der Waals surface area contributed by atoms with Crippen LogP contribution in [0.4, 0.5) is 26.3 Å². The highest BCUT2D eigenvalue weighted by molar-refractivity contribution is 5.94. The van der Waals surface area contributed by atoms with E-state index in [9.17, 15) is 40.7 Å². The van der Waals surface area contributed by atoms with Crippen molar-refractivity contribution in [1.29, 1.82) is 0 Å². The molecule has 0 aliphatic carbocycles. The standard InChI is InChI=1S/C15H13F6NO4/c16-14(17,18)11(26-13(25)15(19,20)21)10(23)7-4-8-22-12(24)9-5-2-1-3-6-9/h1-3,5-6,11H,4,7-8H2,(H,22,24). The monoisotopic (exact) mass is 385 g/mol. The van der Waals surface area contributed by atoms with Gasteiger partial charge < -0.3 is 10.1 Å². The quantitative estimate of drug-likeness (QED) is 0.445. The molecule has 1 aromatic rings. The molecule has 1 unspecified atom stereocenters. The van der Waals surface area contributed by atoms with E-state index in [0.29, 0.717) is 0 Å². The van der Waals surface area contributed by atoms with Crippen molar-refractivity contribution < 1.29 is 45.5 Å². The number of halogens is 6. The molecule has 0 saturated heterocycles. The molecule has 0 saturated carbocycles. The van der Waals surface area contributed by atoms with Gasteiger partial charge in [-0.15, -0.1) is 0 Å². The molecule has 1 amide bonds. The lowest BCUT2D eigenvalue weighted by atomic mass is 10.1. The third-order valence-electron chi connectivity index (χ3n) is 2.97. The van der Waals surface area contributed by atoms with Crippen LogP contribution in [0.2, 0.25) is 0 Å². The Hall–Kier alpha value is -2.59.